The Balaban J connectivity index is 0.897. The number of fused-ring (bicyclic) bond motifs is 1. The second-order valence-electron chi connectivity index (χ2n) is 24.0. The molecule has 1 saturated carbocycles. The van der Waals surface area contributed by atoms with Crippen LogP contribution in [0.4, 0.5) is 24.0 Å². The number of ether oxygens (including phenoxy) is 13. The van der Waals surface area contributed by atoms with Gasteiger partial charge < -0.3 is 119 Å². The molecule has 11 rings (SSSR count). The number of nitrogens with one attached hydrogen (secondary N) is 5. The Morgan fingerprint density at radius 1 is 0.394 bits per heavy atom. The molecule has 0 spiro atoms. The summed E-state index contributed by atoms with van der Waals surface area (Å²) in [6.07, 6.45) is -32.6. The van der Waals surface area contributed by atoms with Crippen molar-refractivity contribution in [2.24, 2.45) is 0 Å². The molecule has 6 aromatic carbocycles. The lowest BCUT2D eigenvalue weighted by molar-refractivity contribution is -0.358. The molecule has 4 saturated heterocycles. The largest absolute Gasteiger partial charge is 0.445 e. The van der Waals surface area contributed by atoms with Crippen molar-refractivity contribution in [3.05, 3.63) is 215 Å². The molecule has 1 aliphatic carbocycles. The fourth-order valence-electron chi connectivity index (χ4n) is 12.0. The van der Waals surface area contributed by atoms with Gasteiger partial charge in [-0.2, -0.15) is 0 Å². The molecule has 29 heteroatoms. The number of hydrogen-bond acceptors (Lipinski definition) is 24. The van der Waals surface area contributed by atoms with Crippen LogP contribution in [-0.2, 0) is 94.6 Å². The summed E-state index contributed by atoms with van der Waals surface area (Å²) in [6.45, 7) is -2.67. The number of hydrogen-bond donors (Lipinski definition) is 11. The first kappa shape index (κ1) is 71.4. The van der Waals surface area contributed by atoms with E-state index in [4.69, 9.17) is 61.6 Å². The highest BCUT2D eigenvalue weighted by Gasteiger charge is 2.58. The second-order valence-corrected chi connectivity index (χ2v) is 24.0. The number of aliphatic hydroxyl groups is 6. The van der Waals surface area contributed by atoms with Gasteiger partial charge in [0.05, 0.1) is 25.3 Å². The summed E-state index contributed by atoms with van der Waals surface area (Å²) in [5, 5.41) is 85.3. The average Bonchev–Trinajstić information content (AvgIpc) is 1.64. The predicted octanol–water partition coefficient (Wildman–Crippen LogP) is 3.74. The van der Waals surface area contributed by atoms with Crippen LogP contribution < -0.4 is 26.6 Å². The van der Waals surface area contributed by atoms with Crippen molar-refractivity contribution in [1.29, 1.82) is 0 Å². The van der Waals surface area contributed by atoms with Crippen LogP contribution in [0.25, 0.3) is 0 Å². The molecule has 5 fully saturated rings. The van der Waals surface area contributed by atoms with Gasteiger partial charge >= 0.3 is 30.5 Å². The third-order valence-electron chi connectivity index (χ3n) is 17.1. The molecule has 5 aliphatic rings. The minimum absolute atomic E-state index is 0.123. The highest BCUT2D eigenvalue weighted by molar-refractivity contribution is 5.70. The Labute approximate surface area is 568 Å². The van der Waals surface area contributed by atoms with Crippen molar-refractivity contribution in [3.63, 3.8) is 0 Å². The number of carbonyl (C=O) groups excluding carboxylic acids is 5. The van der Waals surface area contributed by atoms with E-state index < -0.39 is 173 Å². The van der Waals surface area contributed by atoms with E-state index in [0.717, 1.165) is 0 Å². The van der Waals surface area contributed by atoms with Gasteiger partial charge in [-0.1, -0.05) is 182 Å². The van der Waals surface area contributed by atoms with Crippen LogP contribution in [0.3, 0.4) is 0 Å². The Morgan fingerprint density at radius 2 is 0.798 bits per heavy atom. The SMILES string of the molecule is O=C(NC[C@@H]1O[C@H](O[C@H]2[C@@H](O)[C@H](O[C@@H]3[C@@H](O)[C@H](NC(=O)OCc4ccccc4)C[C@H](NC(=O)OCc4ccccc4)[C@H]3O[C@H]3O[C@@H]4COC(c5ccccc5)O[C@H]4[C@H](O)[C@H]3NC(=O)OCc3ccccc3)O[C@@H]2CO)[C@H](NC(=O)OCc2ccccc2)[C@@H](O)[C@@H]1O)OCc1ccccc1. The van der Waals surface area contributed by atoms with Gasteiger partial charge in [0, 0.05) is 12.1 Å². The van der Waals surface area contributed by atoms with Gasteiger partial charge in [-0.15, -0.1) is 0 Å². The number of carbonyl (C=O) groups is 5. The van der Waals surface area contributed by atoms with Crippen LogP contribution in [0.1, 0.15) is 46.1 Å². The third-order valence-corrected chi connectivity index (χ3v) is 17.1. The van der Waals surface area contributed by atoms with Crippen molar-refractivity contribution in [3.8, 4) is 0 Å². The molecule has 6 aromatic rings. The molecule has 20 atom stereocenters. The third kappa shape index (κ3) is 19.1. The van der Waals surface area contributed by atoms with Crippen LogP contribution in [0, 0.1) is 0 Å². The normalized spacial score (nSPS) is 30.2. The Kier molecular flexibility index (Phi) is 25.1. The van der Waals surface area contributed by atoms with E-state index in [1.54, 1.807) is 182 Å². The number of alkyl carbamates (subject to hydrolysis) is 5. The molecular weight excluding hydrogens is 1290 g/mol. The monoisotopic (exact) mass is 1370 g/mol. The number of aliphatic hydroxyl groups excluding tert-OH is 6. The van der Waals surface area contributed by atoms with Gasteiger partial charge in [0.25, 0.3) is 0 Å². The number of amides is 5. The second kappa shape index (κ2) is 34.7. The molecule has 29 nitrogen and oxygen atoms in total. The lowest BCUT2D eigenvalue weighted by Crippen LogP contribution is -2.71. The van der Waals surface area contributed by atoms with Gasteiger partial charge in [-0.25, -0.2) is 24.0 Å². The van der Waals surface area contributed by atoms with E-state index in [9.17, 15) is 54.6 Å². The molecule has 1 unspecified atom stereocenters. The van der Waals surface area contributed by atoms with E-state index in [2.05, 4.69) is 26.6 Å². The van der Waals surface area contributed by atoms with Gasteiger partial charge in [0.1, 0.15) is 118 Å². The average molecular weight is 1370 g/mol. The lowest BCUT2D eigenvalue weighted by Gasteiger charge is -2.50. The molecule has 11 N–H and O–H groups in total. The van der Waals surface area contributed by atoms with E-state index in [1.165, 1.54) is 0 Å². The van der Waals surface area contributed by atoms with Crippen molar-refractivity contribution in [1.82, 2.24) is 26.6 Å². The summed E-state index contributed by atoms with van der Waals surface area (Å²) >= 11 is 0. The summed E-state index contributed by atoms with van der Waals surface area (Å²) in [6, 6.07) is 46.1. The molecule has 99 heavy (non-hydrogen) atoms. The number of benzene rings is 6. The summed E-state index contributed by atoms with van der Waals surface area (Å²) in [5.74, 6) is 0. The van der Waals surface area contributed by atoms with Crippen LogP contribution in [0.2, 0.25) is 0 Å². The van der Waals surface area contributed by atoms with E-state index in [0.29, 0.717) is 33.4 Å². The molecule has 0 radical (unpaired) electrons. The van der Waals surface area contributed by atoms with Crippen LogP contribution in [-0.4, -0.2) is 197 Å². The number of rotatable bonds is 24. The first-order chi connectivity index (χ1) is 48.1. The molecule has 5 amide bonds. The maximum Gasteiger partial charge on any atom is 0.407 e. The van der Waals surface area contributed by atoms with Crippen molar-refractivity contribution < 1.29 is 116 Å². The Morgan fingerprint density at radius 3 is 1.28 bits per heavy atom. The summed E-state index contributed by atoms with van der Waals surface area (Å²) in [4.78, 5) is 68.6. The minimum Gasteiger partial charge on any atom is -0.445 e. The Hall–Kier alpha value is -8.89. The zero-order valence-electron chi connectivity index (χ0n) is 53.3. The zero-order valence-corrected chi connectivity index (χ0v) is 53.3. The predicted molar refractivity (Wildman–Crippen MR) is 341 cm³/mol. The molecular formula is C70H79N5O24. The molecule has 528 valence electrons. The van der Waals surface area contributed by atoms with Crippen LogP contribution in [0.15, 0.2) is 182 Å². The quantitative estimate of drug-likeness (QED) is 0.0384. The molecule has 4 heterocycles. The van der Waals surface area contributed by atoms with Crippen LogP contribution in [0.5, 0.6) is 0 Å². The van der Waals surface area contributed by atoms with E-state index >= 15 is 0 Å². The minimum atomic E-state index is -2.05. The standard InChI is InChI=1S/C70H79N5O24/c76-33-49-59(98-63-51(74-69(85)91-37-43-25-13-4-14-26-43)55(79)54(78)48(93-63)32-71-66(82)88-34-40-19-7-1-8-20-40)57(81)65(94-49)99-61-53(77)46(72-67(83)89-35-41-21-9-2-10-22-41)31-47(73-68(84)90-36-42-23-11-3-12-24-42)58(61)96-64-52(75-70(86)92-38-44-27-15-5-16-28-44)56(80)60-50(95-64)39-87-62(97-60)45-29-17-6-18-30-45/h1-30,46-65,76-81H,31-39H2,(H,71,82)(H,72,83)(H,73,84)(H,74,85)(H,75,86)/t46-,47+,48+,49-,50-,51-,52-,53+,54-,55-,56-,57-,58-,59-,60-,61-,62?,63-,64-,65+/m1/s1. The molecule has 0 bridgehead atoms. The van der Waals surface area contributed by atoms with E-state index in [1.807, 2.05) is 0 Å². The smallest absolute Gasteiger partial charge is 0.407 e. The topological polar surface area (TPSA) is 387 Å². The van der Waals surface area contributed by atoms with Gasteiger partial charge in [0.2, 0.25) is 0 Å². The van der Waals surface area contributed by atoms with Crippen molar-refractivity contribution >= 4 is 30.5 Å². The maximum absolute atomic E-state index is 14.2. The maximum atomic E-state index is 14.2. The highest BCUT2D eigenvalue weighted by atomic mass is 16.8. The zero-order chi connectivity index (χ0) is 69.2. The van der Waals surface area contributed by atoms with Crippen molar-refractivity contribution in [2.45, 2.75) is 162 Å². The summed E-state index contributed by atoms with van der Waals surface area (Å²) < 4.78 is 79.1. The summed E-state index contributed by atoms with van der Waals surface area (Å²) in [7, 11) is 0. The highest BCUT2D eigenvalue weighted by Crippen LogP contribution is 2.39. The van der Waals surface area contributed by atoms with Gasteiger partial charge in [-0.05, 0) is 34.2 Å². The summed E-state index contributed by atoms with van der Waals surface area (Å²) in [5.41, 5.74) is 3.71. The van der Waals surface area contributed by atoms with Gasteiger partial charge in [0.15, 0.2) is 25.2 Å². The fraction of sp³-hybridized carbons (Fsp3) is 0.414. The Bertz CT molecular complexity index is 3510. The van der Waals surface area contributed by atoms with Gasteiger partial charge in [-0.3, -0.25) is 0 Å². The molecule has 4 aliphatic heterocycles. The first-order valence-electron chi connectivity index (χ1n) is 32.2. The van der Waals surface area contributed by atoms with Crippen LogP contribution >= 0.6 is 0 Å². The fourth-order valence-corrected chi connectivity index (χ4v) is 12.0. The lowest BCUT2D eigenvalue weighted by atomic mass is 9.83. The molecule has 0 aromatic heterocycles. The first-order valence-corrected chi connectivity index (χ1v) is 32.2. The van der Waals surface area contributed by atoms with E-state index in [-0.39, 0.29) is 39.6 Å². The van der Waals surface area contributed by atoms with Crippen molar-refractivity contribution in [2.75, 3.05) is 19.8 Å².